The molecule has 0 unspecified atom stereocenters. The Bertz CT molecular complexity index is 985. The molecule has 4 rings (SSSR count). The molecule has 1 aliphatic heterocycles. The van der Waals surface area contributed by atoms with Crippen molar-refractivity contribution in [2.75, 3.05) is 16.8 Å². The number of nitrogens with zero attached hydrogens (tertiary/aromatic N) is 1. The quantitative estimate of drug-likeness (QED) is 0.555. The number of carbonyl (C=O) groups is 2. The maximum atomic E-state index is 12.7. The smallest absolute Gasteiger partial charge is 0.268 e. The predicted molar refractivity (Wildman–Crippen MR) is 113 cm³/mol. The van der Waals surface area contributed by atoms with Gasteiger partial charge in [0.25, 0.3) is 11.8 Å². The SMILES string of the molecule is O=C(Nc1ccc2c(c1)N(C(=O)c1cccs1)CC2)c1ccccc1I. The van der Waals surface area contributed by atoms with Crippen LogP contribution in [0.15, 0.2) is 60.0 Å². The second kappa shape index (κ2) is 7.20. The Hall–Kier alpha value is -2.19. The number of thiophene rings is 1. The molecule has 1 aromatic heterocycles. The predicted octanol–water partition coefficient (Wildman–Crippen LogP) is 4.81. The zero-order chi connectivity index (χ0) is 18.1. The molecule has 1 aliphatic rings. The maximum absolute atomic E-state index is 12.7. The number of hydrogen-bond acceptors (Lipinski definition) is 3. The van der Waals surface area contributed by atoms with Crippen LogP contribution in [0.2, 0.25) is 0 Å². The van der Waals surface area contributed by atoms with Crippen LogP contribution in [0.25, 0.3) is 0 Å². The molecular formula is C20H15IN2O2S. The lowest BCUT2D eigenvalue weighted by atomic mass is 10.1. The molecule has 0 atom stereocenters. The Morgan fingerprint density at radius 1 is 1.08 bits per heavy atom. The maximum Gasteiger partial charge on any atom is 0.268 e. The van der Waals surface area contributed by atoms with Gasteiger partial charge in [-0.3, -0.25) is 9.59 Å². The average molecular weight is 474 g/mol. The summed E-state index contributed by atoms with van der Waals surface area (Å²) < 4.78 is 0.901. The zero-order valence-corrected chi connectivity index (χ0v) is 16.7. The second-order valence-corrected chi connectivity index (χ2v) is 8.07. The van der Waals surface area contributed by atoms with Gasteiger partial charge in [-0.1, -0.05) is 24.3 Å². The summed E-state index contributed by atoms with van der Waals surface area (Å²) in [5, 5.41) is 4.85. The highest BCUT2D eigenvalue weighted by Crippen LogP contribution is 2.32. The summed E-state index contributed by atoms with van der Waals surface area (Å²) in [6.07, 6.45) is 0.831. The number of anilines is 2. The largest absolute Gasteiger partial charge is 0.322 e. The molecule has 0 saturated heterocycles. The Morgan fingerprint density at radius 3 is 2.69 bits per heavy atom. The van der Waals surface area contributed by atoms with Crippen LogP contribution in [0.5, 0.6) is 0 Å². The van der Waals surface area contributed by atoms with E-state index in [1.54, 1.807) is 11.0 Å². The summed E-state index contributed by atoms with van der Waals surface area (Å²) in [6, 6.07) is 17.0. The number of rotatable bonds is 3. The van der Waals surface area contributed by atoms with Gasteiger partial charge in [0.1, 0.15) is 0 Å². The molecule has 3 aromatic rings. The van der Waals surface area contributed by atoms with Gasteiger partial charge in [-0.2, -0.15) is 0 Å². The molecule has 26 heavy (non-hydrogen) atoms. The van der Waals surface area contributed by atoms with E-state index in [1.807, 2.05) is 53.9 Å². The van der Waals surface area contributed by atoms with E-state index in [4.69, 9.17) is 0 Å². The van der Waals surface area contributed by atoms with Crippen LogP contribution in [-0.2, 0) is 6.42 Å². The first-order chi connectivity index (χ1) is 12.6. The van der Waals surface area contributed by atoms with E-state index in [0.29, 0.717) is 17.8 Å². The van der Waals surface area contributed by atoms with E-state index in [9.17, 15) is 9.59 Å². The monoisotopic (exact) mass is 474 g/mol. The first kappa shape index (κ1) is 17.2. The number of fused-ring (bicyclic) bond motifs is 1. The van der Waals surface area contributed by atoms with Gasteiger partial charge in [0, 0.05) is 21.5 Å². The van der Waals surface area contributed by atoms with Crippen molar-refractivity contribution in [3.05, 3.63) is 79.6 Å². The molecule has 0 spiro atoms. The van der Waals surface area contributed by atoms with Gasteiger partial charge < -0.3 is 10.2 Å². The topological polar surface area (TPSA) is 49.4 Å². The lowest BCUT2D eigenvalue weighted by molar-refractivity contribution is 0.0991. The van der Waals surface area contributed by atoms with Crippen LogP contribution in [-0.4, -0.2) is 18.4 Å². The van der Waals surface area contributed by atoms with E-state index in [1.165, 1.54) is 11.3 Å². The summed E-state index contributed by atoms with van der Waals surface area (Å²) in [6.45, 7) is 0.667. The first-order valence-electron chi connectivity index (χ1n) is 8.17. The normalized spacial score (nSPS) is 12.7. The van der Waals surface area contributed by atoms with Gasteiger partial charge in [-0.25, -0.2) is 0 Å². The summed E-state index contributed by atoms with van der Waals surface area (Å²) >= 11 is 3.60. The third-order valence-electron chi connectivity index (χ3n) is 4.33. The summed E-state index contributed by atoms with van der Waals surface area (Å²) in [5.41, 5.74) is 3.34. The second-order valence-electron chi connectivity index (χ2n) is 5.96. The highest BCUT2D eigenvalue weighted by atomic mass is 127. The van der Waals surface area contributed by atoms with Gasteiger partial charge in [0.15, 0.2) is 0 Å². The third kappa shape index (κ3) is 3.26. The van der Waals surface area contributed by atoms with Gasteiger partial charge in [-0.05, 0) is 70.3 Å². The molecule has 0 aliphatic carbocycles. The van der Waals surface area contributed by atoms with Crippen LogP contribution < -0.4 is 10.2 Å². The number of hydrogen-bond donors (Lipinski definition) is 1. The molecule has 2 aromatic carbocycles. The minimum atomic E-state index is -0.149. The van der Waals surface area contributed by atoms with Crippen molar-refractivity contribution >= 4 is 57.1 Å². The fraction of sp³-hybridized carbons (Fsp3) is 0.100. The van der Waals surface area contributed by atoms with Gasteiger partial charge in [0.2, 0.25) is 0 Å². The fourth-order valence-electron chi connectivity index (χ4n) is 3.04. The Balaban J connectivity index is 1.59. The minimum Gasteiger partial charge on any atom is -0.322 e. The van der Waals surface area contributed by atoms with Crippen molar-refractivity contribution in [3.8, 4) is 0 Å². The molecular weight excluding hydrogens is 459 g/mol. The summed E-state index contributed by atoms with van der Waals surface area (Å²) in [5.74, 6) is -0.135. The van der Waals surface area contributed by atoms with E-state index in [-0.39, 0.29) is 11.8 Å². The van der Waals surface area contributed by atoms with Crippen molar-refractivity contribution in [3.63, 3.8) is 0 Å². The zero-order valence-electron chi connectivity index (χ0n) is 13.7. The molecule has 0 saturated carbocycles. The van der Waals surface area contributed by atoms with Crippen molar-refractivity contribution in [2.45, 2.75) is 6.42 Å². The van der Waals surface area contributed by atoms with Crippen molar-refractivity contribution < 1.29 is 9.59 Å². The van der Waals surface area contributed by atoms with Crippen LogP contribution >= 0.6 is 33.9 Å². The van der Waals surface area contributed by atoms with E-state index >= 15 is 0 Å². The van der Waals surface area contributed by atoms with Crippen LogP contribution in [0.1, 0.15) is 25.6 Å². The molecule has 6 heteroatoms. The van der Waals surface area contributed by atoms with Crippen molar-refractivity contribution in [1.29, 1.82) is 0 Å². The van der Waals surface area contributed by atoms with E-state index in [0.717, 1.165) is 26.1 Å². The number of benzene rings is 2. The molecule has 4 nitrogen and oxygen atoms in total. The summed E-state index contributed by atoms with van der Waals surface area (Å²) in [7, 11) is 0. The van der Waals surface area contributed by atoms with Crippen molar-refractivity contribution in [1.82, 2.24) is 0 Å². The first-order valence-corrected chi connectivity index (χ1v) is 10.1. The number of carbonyl (C=O) groups excluding carboxylic acids is 2. The summed E-state index contributed by atoms with van der Waals surface area (Å²) in [4.78, 5) is 27.8. The molecule has 0 bridgehead atoms. The Kier molecular flexibility index (Phi) is 4.78. The van der Waals surface area contributed by atoms with Crippen molar-refractivity contribution in [2.24, 2.45) is 0 Å². The van der Waals surface area contributed by atoms with E-state index in [2.05, 4.69) is 27.9 Å². The lowest BCUT2D eigenvalue weighted by Gasteiger charge is -2.17. The molecule has 1 N–H and O–H groups in total. The Labute approximate surface area is 169 Å². The van der Waals surface area contributed by atoms with E-state index < -0.39 is 0 Å². The average Bonchev–Trinajstić information content (AvgIpc) is 3.31. The number of halogens is 1. The molecule has 2 heterocycles. The van der Waals surface area contributed by atoms with Crippen LogP contribution in [0.4, 0.5) is 11.4 Å². The molecule has 2 amide bonds. The van der Waals surface area contributed by atoms with Gasteiger partial charge >= 0.3 is 0 Å². The van der Waals surface area contributed by atoms with Gasteiger partial charge in [-0.15, -0.1) is 11.3 Å². The van der Waals surface area contributed by atoms with Crippen LogP contribution in [0, 0.1) is 3.57 Å². The molecule has 0 fully saturated rings. The highest BCUT2D eigenvalue weighted by molar-refractivity contribution is 14.1. The third-order valence-corrected chi connectivity index (χ3v) is 6.13. The molecule has 130 valence electrons. The highest BCUT2D eigenvalue weighted by Gasteiger charge is 2.26. The Morgan fingerprint density at radius 2 is 1.92 bits per heavy atom. The van der Waals surface area contributed by atoms with Crippen LogP contribution in [0.3, 0.4) is 0 Å². The standard InChI is InChI=1S/C20H15IN2O2S/c21-16-5-2-1-4-15(16)19(24)22-14-8-7-13-9-10-23(17(13)12-14)20(25)18-6-3-11-26-18/h1-8,11-12H,9-10H2,(H,22,24). The number of amides is 2. The number of nitrogens with one attached hydrogen (secondary N) is 1. The fourth-order valence-corrected chi connectivity index (χ4v) is 4.35. The lowest BCUT2D eigenvalue weighted by Crippen LogP contribution is -2.28. The minimum absolute atomic E-state index is 0.0137. The molecule has 0 radical (unpaired) electrons. The van der Waals surface area contributed by atoms with Gasteiger partial charge in [0.05, 0.1) is 10.4 Å².